The van der Waals surface area contributed by atoms with Gasteiger partial charge in [0.1, 0.15) is 22.7 Å². The van der Waals surface area contributed by atoms with Crippen molar-refractivity contribution in [1.82, 2.24) is 0 Å². The van der Waals surface area contributed by atoms with E-state index in [1.165, 1.54) is 0 Å². The van der Waals surface area contributed by atoms with Gasteiger partial charge in [-0.05, 0) is 25.1 Å². The zero-order valence-electron chi connectivity index (χ0n) is 11.4. The SMILES string of the molecule is Cc1oc2ccc(OCC3(C)COC3)cc2c1C(=O)O. The van der Waals surface area contributed by atoms with Crippen molar-refractivity contribution >= 4 is 16.9 Å². The van der Waals surface area contributed by atoms with Crippen molar-refractivity contribution < 1.29 is 23.8 Å². The summed E-state index contributed by atoms with van der Waals surface area (Å²) >= 11 is 0. The van der Waals surface area contributed by atoms with Crippen molar-refractivity contribution in [2.24, 2.45) is 5.41 Å². The van der Waals surface area contributed by atoms with E-state index in [0.29, 0.717) is 42.3 Å². The van der Waals surface area contributed by atoms with E-state index in [0.717, 1.165) is 0 Å². The number of aryl methyl sites for hydroxylation is 1. The molecule has 0 bridgehead atoms. The molecule has 0 atom stereocenters. The fourth-order valence-electron chi connectivity index (χ4n) is 2.35. The highest BCUT2D eigenvalue weighted by molar-refractivity contribution is 6.03. The summed E-state index contributed by atoms with van der Waals surface area (Å²) in [5.41, 5.74) is 0.811. The molecule has 5 heteroatoms. The molecule has 1 aromatic heterocycles. The second kappa shape index (κ2) is 4.52. The van der Waals surface area contributed by atoms with E-state index in [9.17, 15) is 9.90 Å². The van der Waals surface area contributed by atoms with Gasteiger partial charge >= 0.3 is 5.97 Å². The van der Waals surface area contributed by atoms with Crippen LogP contribution in [0.2, 0.25) is 0 Å². The number of rotatable bonds is 4. The van der Waals surface area contributed by atoms with Crippen LogP contribution in [0.25, 0.3) is 11.0 Å². The maximum Gasteiger partial charge on any atom is 0.339 e. The normalized spacial score (nSPS) is 16.9. The first-order chi connectivity index (χ1) is 9.48. The molecule has 5 nitrogen and oxygen atoms in total. The highest BCUT2D eigenvalue weighted by Crippen LogP contribution is 2.31. The molecule has 0 saturated carbocycles. The van der Waals surface area contributed by atoms with Crippen molar-refractivity contribution in [3.05, 3.63) is 29.5 Å². The molecule has 20 heavy (non-hydrogen) atoms. The van der Waals surface area contributed by atoms with Gasteiger partial charge in [-0.25, -0.2) is 4.79 Å². The van der Waals surface area contributed by atoms with E-state index < -0.39 is 5.97 Å². The molecule has 1 aromatic carbocycles. The van der Waals surface area contributed by atoms with Crippen LogP contribution in [0.3, 0.4) is 0 Å². The molecule has 3 rings (SSSR count). The Labute approximate surface area is 116 Å². The maximum absolute atomic E-state index is 11.3. The Balaban J connectivity index is 1.89. The standard InChI is InChI=1S/C15H16O5/c1-9-13(14(16)17)11-5-10(3-4-12(11)20-9)19-8-15(2)6-18-7-15/h3-5H,6-8H2,1-2H3,(H,16,17). The summed E-state index contributed by atoms with van der Waals surface area (Å²) in [4.78, 5) is 11.3. The van der Waals surface area contributed by atoms with Crippen LogP contribution in [0.4, 0.5) is 0 Å². The van der Waals surface area contributed by atoms with E-state index in [2.05, 4.69) is 6.92 Å². The molecule has 0 radical (unpaired) electrons. The molecule has 1 aliphatic rings. The largest absolute Gasteiger partial charge is 0.493 e. The highest BCUT2D eigenvalue weighted by atomic mass is 16.5. The highest BCUT2D eigenvalue weighted by Gasteiger charge is 2.34. The minimum absolute atomic E-state index is 0.0525. The van der Waals surface area contributed by atoms with Crippen LogP contribution in [0.1, 0.15) is 23.0 Å². The van der Waals surface area contributed by atoms with Crippen LogP contribution in [0, 0.1) is 12.3 Å². The van der Waals surface area contributed by atoms with E-state index in [1.54, 1.807) is 25.1 Å². The molecule has 2 heterocycles. The number of carboxylic acids is 1. The third kappa shape index (κ3) is 2.14. The van der Waals surface area contributed by atoms with Gasteiger partial charge in [0.05, 0.1) is 19.8 Å². The van der Waals surface area contributed by atoms with Crippen LogP contribution in [-0.4, -0.2) is 30.9 Å². The number of carbonyl (C=O) groups is 1. The molecule has 0 unspecified atom stereocenters. The van der Waals surface area contributed by atoms with Gasteiger partial charge in [-0.15, -0.1) is 0 Å². The lowest BCUT2D eigenvalue weighted by Crippen LogP contribution is -2.44. The first-order valence-electron chi connectivity index (χ1n) is 6.45. The summed E-state index contributed by atoms with van der Waals surface area (Å²) in [6.45, 7) is 5.69. The van der Waals surface area contributed by atoms with Gasteiger partial charge < -0.3 is 19.0 Å². The van der Waals surface area contributed by atoms with Gasteiger partial charge in [0, 0.05) is 10.8 Å². The van der Waals surface area contributed by atoms with Gasteiger partial charge in [-0.2, -0.15) is 0 Å². The average molecular weight is 276 g/mol. The first kappa shape index (κ1) is 13.0. The van der Waals surface area contributed by atoms with Crippen molar-refractivity contribution in [2.75, 3.05) is 19.8 Å². The number of carboxylic acid groups (broad SMARTS) is 1. The van der Waals surface area contributed by atoms with Gasteiger partial charge in [-0.1, -0.05) is 6.92 Å². The lowest BCUT2D eigenvalue weighted by molar-refractivity contribution is -0.120. The predicted octanol–water partition coefficient (Wildman–Crippen LogP) is 2.85. The third-order valence-corrected chi connectivity index (χ3v) is 3.54. The van der Waals surface area contributed by atoms with Crippen LogP contribution in [0.15, 0.2) is 22.6 Å². The summed E-state index contributed by atoms with van der Waals surface area (Å²) in [6, 6.07) is 5.25. The number of hydrogen-bond acceptors (Lipinski definition) is 4. The third-order valence-electron chi connectivity index (χ3n) is 3.54. The van der Waals surface area contributed by atoms with E-state index >= 15 is 0 Å². The lowest BCUT2D eigenvalue weighted by Gasteiger charge is -2.37. The lowest BCUT2D eigenvalue weighted by atomic mass is 9.90. The molecule has 106 valence electrons. The number of ether oxygens (including phenoxy) is 2. The summed E-state index contributed by atoms with van der Waals surface area (Å²) < 4.78 is 16.4. The number of hydrogen-bond donors (Lipinski definition) is 1. The summed E-state index contributed by atoms with van der Waals surface area (Å²) in [5.74, 6) is 0.0654. The smallest absolute Gasteiger partial charge is 0.339 e. The second-order valence-electron chi connectivity index (χ2n) is 5.59. The topological polar surface area (TPSA) is 68.9 Å². The molecule has 2 aromatic rings. The van der Waals surface area contributed by atoms with Gasteiger partial charge in [-0.3, -0.25) is 0 Å². The zero-order valence-corrected chi connectivity index (χ0v) is 11.4. The van der Waals surface area contributed by atoms with Gasteiger partial charge in [0.25, 0.3) is 0 Å². The molecule has 1 aliphatic heterocycles. The summed E-state index contributed by atoms with van der Waals surface area (Å²) in [5, 5.41) is 9.80. The Morgan fingerprint density at radius 3 is 2.80 bits per heavy atom. The molecule has 0 amide bonds. The summed E-state index contributed by atoms with van der Waals surface area (Å²) in [6.07, 6.45) is 0. The Hall–Kier alpha value is -2.01. The Bertz CT molecular complexity index is 666. The first-order valence-corrected chi connectivity index (χ1v) is 6.45. The van der Waals surface area contributed by atoms with Crippen LogP contribution in [0.5, 0.6) is 5.75 Å². The van der Waals surface area contributed by atoms with Crippen molar-refractivity contribution in [3.8, 4) is 5.75 Å². The fourth-order valence-corrected chi connectivity index (χ4v) is 2.35. The van der Waals surface area contributed by atoms with Crippen LogP contribution < -0.4 is 4.74 Å². The van der Waals surface area contributed by atoms with Crippen molar-refractivity contribution in [3.63, 3.8) is 0 Å². The molecule has 1 fully saturated rings. The maximum atomic E-state index is 11.3. The number of fused-ring (bicyclic) bond motifs is 1. The monoisotopic (exact) mass is 276 g/mol. The Morgan fingerprint density at radius 2 is 2.20 bits per heavy atom. The van der Waals surface area contributed by atoms with Crippen molar-refractivity contribution in [1.29, 1.82) is 0 Å². The molecular weight excluding hydrogens is 260 g/mol. The number of furan rings is 1. The van der Waals surface area contributed by atoms with Gasteiger partial charge in [0.15, 0.2) is 0 Å². The Kier molecular flexibility index (Phi) is 2.94. The molecule has 1 N–H and O–H groups in total. The molecular formula is C15H16O5. The summed E-state index contributed by atoms with van der Waals surface area (Å²) in [7, 11) is 0. The van der Waals surface area contributed by atoms with Crippen molar-refractivity contribution in [2.45, 2.75) is 13.8 Å². The Morgan fingerprint density at radius 1 is 1.45 bits per heavy atom. The number of aromatic carboxylic acids is 1. The van der Waals surface area contributed by atoms with Crippen LogP contribution in [-0.2, 0) is 4.74 Å². The molecule has 0 spiro atoms. The molecule has 0 aliphatic carbocycles. The zero-order chi connectivity index (χ0) is 14.3. The minimum Gasteiger partial charge on any atom is -0.493 e. The van der Waals surface area contributed by atoms with Crippen LogP contribution >= 0.6 is 0 Å². The number of benzene rings is 1. The van der Waals surface area contributed by atoms with Gasteiger partial charge in [0.2, 0.25) is 0 Å². The predicted molar refractivity (Wildman–Crippen MR) is 72.3 cm³/mol. The molecule has 1 saturated heterocycles. The fraction of sp³-hybridized carbons (Fsp3) is 0.400. The van der Waals surface area contributed by atoms with E-state index in [1.807, 2.05) is 0 Å². The minimum atomic E-state index is -0.988. The van der Waals surface area contributed by atoms with E-state index in [4.69, 9.17) is 13.9 Å². The van der Waals surface area contributed by atoms with E-state index in [-0.39, 0.29) is 11.0 Å². The average Bonchev–Trinajstić information content (AvgIpc) is 2.69. The quantitative estimate of drug-likeness (QED) is 0.929. The second-order valence-corrected chi connectivity index (χ2v) is 5.59.